The molecule has 13 heteroatoms. The zero-order chi connectivity index (χ0) is 30.6. The summed E-state index contributed by atoms with van der Waals surface area (Å²) in [5, 5.41) is 5.05. The van der Waals surface area contributed by atoms with Crippen LogP contribution in [-0.2, 0) is 6.42 Å². The van der Waals surface area contributed by atoms with Gasteiger partial charge in [-0.2, -0.15) is 13.2 Å². The van der Waals surface area contributed by atoms with Gasteiger partial charge in [0.15, 0.2) is 0 Å². The SMILES string of the molecule is C=C/C(Cl)=C(\C=C(/C)NC(=O)c1cnc(C(C)NC(=O)c2cc(CCCCC(CN)CCC)ncn2)s1)C(F)(F)F. The zero-order valence-corrected chi connectivity index (χ0v) is 24.9. The van der Waals surface area contributed by atoms with Crippen LogP contribution < -0.4 is 16.4 Å². The molecule has 0 radical (unpaired) electrons. The molecular formula is C28H36ClF3N6O2S. The second-order valence-electron chi connectivity index (χ2n) is 9.53. The van der Waals surface area contributed by atoms with E-state index in [9.17, 15) is 22.8 Å². The van der Waals surface area contributed by atoms with E-state index in [0.717, 1.165) is 67.7 Å². The molecule has 0 aliphatic carbocycles. The molecule has 2 atom stereocenters. The van der Waals surface area contributed by atoms with Crippen LogP contribution in [0.4, 0.5) is 13.2 Å². The van der Waals surface area contributed by atoms with E-state index in [2.05, 4.69) is 39.1 Å². The van der Waals surface area contributed by atoms with Crippen LogP contribution in [0.5, 0.6) is 0 Å². The maximum absolute atomic E-state index is 13.2. The number of rotatable bonds is 15. The first-order valence-corrected chi connectivity index (χ1v) is 14.5. The Labute approximate surface area is 247 Å². The number of allylic oxidation sites excluding steroid dienone is 5. The van der Waals surface area contributed by atoms with Gasteiger partial charge in [0.2, 0.25) is 0 Å². The summed E-state index contributed by atoms with van der Waals surface area (Å²) >= 11 is 6.63. The standard InChI is InChI=1S/C28H36ClF3N6O2S/c1-5-9-19(14-33)10-7-8-11-20-13-23(36-16-35-20)25(39)38-18(4)27-34-15-24(41-27)26(40)37-17(3)12-21(22(29)6-2)28(30,31)32/h6,12-13,15-16,18-19H,2,5,7-11,14,33H2,1,3-4H3,(H,37,40)(H,38,39)/b17-12+,22-21-. The lowest BCUT2D eigenvalue weighted by atomic mass is 9.96. The largest absolute Gasteiger partial charge is 0.417 e. The highest BCUT2D eigenvalue weighted by molar-refractivity contribution is 7.13. The minimum atomic E-state index is -4.73. The maximum atomic E-state index is 13.2. The van der Waals surface area contributed by atoms with E-state index in [-0.39, 0.29) is 16.3 Å². The Morgan fingerprint density at radius 2 is 1.93 bits per heavy atom. The molecule has 0 bridgehead atoms. The van der Waals surface area contributed by atoms with Gasteiger partial charge < -0.3 is 16.4 Å². The lowest BCUT2D eigenvalue weighted by Gasteiger charge is -2.13. The predicted molar refractivity (Wildman–Crippen MR) is 155 cm³/mol. The van der Waals surface area contributed by atoms with Crippen LogP contribution in [0.15, 0.2) is 53.6 Å². The fraction of sp³-hybridized carbons (Fsp3) is 0.464. The average molecular weight is 613 g/mol. The molecule has 0 saturated heterocycles. The van der Waals surface area contributed by atoms with Gasteiger partial charge in [-0.05, 0) is 64.1 Å². The first kappa shape index (κ1) is 34.1. The van der Waals surface area contributed by atoms with Gasteiger partial charge in [0.25, 0.3) is 11.8 Å². The molecule has 4 N–H and O–H groups in total. The fourth-order valence-corrected chi connectivity index (χ4v) is 4.98. The average Bonchev–Trinajstić information content (AvgIpc) is 3.43. The van der Waals surface area contributed by atoms with Crippen LogP contribution in [0.1, 0.15) is 89.8 Å². The molecule has 2 amide bonds. The molecule has 0 saturated carbocycles. The number of hydrogen-bond acceptors (Lipinski definition) is 7. The van der Waals surface area contributed by atoms with Gasteiger partial charge in [0.05, 0.1) is 22.8 Å². The number of alkyl halides is 3. The number of amides is 2. The number of halogens is 4. The van der Waals surface area contributed by atoms with Crippen LogP contribution in [0.25, 0.3) is 0 Å². The van der Waals surface area contributed by atoms with E-state index >= 15 is 0 Å². The van der Waals surface area contributed by atoms with Crippen molar-refractivity contribution in [3.05, 3.63) is 74.9 Å². The van der Waals surface area contributed by atoms with Crippen LogP contribution in [0.2, 0.25) is 0 Å². The molecule has 41 heavy (non-hydrogen) atoms. The summed E-state index contributed by atoms with van der Waals surface area (Å²) in [5.74, 6) is -0.532. The second kappa shape index (κ2) is 16.4. The topological polar surface area (TPSA) is 123 Å². The molecule has 2 rings (SSSR count). The van der Waals surface area contributed by atoms with Gasteiger partial charge in [-0.15, -0.1) is 11.3 Å². The summed E-state index contributed by atoms with van der Waals surface area (Å²) in [4.78, 5) is 38.1. The quantitative estimate of drug-likeness (QED) is 0.158. The van der Waals surface area contributed by atoms with Crippen molar-refractivity contribution in [2.24, 2.45) is 11.7 Å². The smallest absolute Gasteiger partial charge is 0.342 e. The third-order valence-electron chi connectivity index (χ3n) is 6.16. The van der Waals surface area contributed by atoms with Crippen molar-refractivity contribution in [2.45, 2.75) is 71.5 Å². The molecular weight excluding hydrogens is 577 g/mol. The van der Waals surface area contributed by atoms with E-state index in [0.29, 0.717) is 17.5 Å². The van der Waals surface area contributed by atoms with Crippen molar-refractivity contribution in [3.8, 4) is 0 Å². The zero-order valence-electron chi connectivity index (χ0n) is 23.4. The first-order chi connectivity index (χ1) is 19.4. The molecule has 2 heterocycles. The number of nitrogens with two attached hydrogens (primary N) is 1. The number of carbonyl (C=O) groups is 2. The third-order valence-corrected chi connectivity index (χ3v) is 7.70. The highest BCUT2D eigenvalue weighted by Gasteiger charge is 2.34. The lowest BCUT2D eigenvalue weighted by Crippen LogP contribution is -2.27. The Hall–Kier alpha value is -3.09. The maximum Gasteiger partial charge on any atom is 0.417 e. The predicted octanol–water partition coefficient (Wildman–Crippen LogP) is 6.39. The van der Waals surface area contributed by atoms with Gasteiger partial charge in [0, 0.05) is 11.4 Å². The molecule has 0 aromatic carbocycles. The molecule has 0 aliphatic rings. The van der Waals surface area contributed by atoms with Crippen molar-refractivity contribution in [1.29, 1.82) is 0 Å². The highest BCUT2D eigenvalue weighted by Crippen LogP contribution is 2.32. The Morgan fingerprint density at radius 3 is 2.56 bits per heavy atom. The van der Waals surface area contributed by atoms with Gasteiger partial charge >= 0.3 is 6.18 Å². The van der Waals surface area contributed by atoms with E-state index < -0.39 is 34.6 Å². The summed E-state index contributed by atoms with van der Waals surface area (Å²) in [6, 6.07) is 1.11. The lowest BCUT2D eigenvalue weighted by molar-refractivity contribution is -0.0885. The number of nitrogens with zero attached hydrogens (tertiary/aromatic N) is 3. The van der Waals surface area contributed by atoms with Crippen molar-refractivity contribution < 1.29 is 22.8 Å². The fourth-order valence-electron chi connectivity index (χ4n) is 4.00. The second-order valence-corrected chi connectivity index (χ2v) is 11.0. The minimum absolute atomic E-state index is 0.0710. The van der Waals surface area contributed by atoms with Gasteiger partial charge in [0.1, 0.15) is 21.9 Å². The van der Waals surface area contributed by atoms with E-state index in [4.69, 9.17) is 17.3 Å². The summed E-state index contributed by atoms with van der Waals surface area (Å²) in [5.41, 5.74) is 5.62. The molecule has 2 aromatic heterocycles. The number of aryl methyl sites for hydroxylation is 1. The van der Waals surface area contributed by atoms with Crippen LogP contribution in [0.3, 0.4) is 0 Å². The highest BCUT2D eigenvalue weighted by atomic mass is 35.5. The normalized spacial score (nSPS) is 14.2. The van der Waals surface area contributed by atoms with Crippen molar-refractivity contribution in [2.75, 3.05) is 6.54 Å². The van der Waals surface area contributed by atoms with Crippen LogP contribution >= 0.6 is 22.9 Å². The van der Waals surface area contributed by atoms with Crippen molar-refractivity contribution in [1.82, 2.24) is 25.6 Å². The molecule has 8 nitrogen and oxygen atoms in total. The van der Waals surface area contributed by atoms with Crippen molar-refractivity contribution >= 4 is 34.8 Å². The van der Waals surface area contributed by atoms with Gasteiger partial charge in [-0.25, -0.2) is 15.0 Å². The van der Waals surface area contributed by atoms with Crippen LogP contribution in [0, 0.1) is 5.92 Å². The van der Waals surface area contributed by atoms with Crippen LogP contribution in [-0.4, -0.2) is 39.5 Å². The Morgan fingerprint density at radius 1 is 1.20 bits per heavy atom. The molecule has 0 spiro atoms. The minimum Gasteiger partial charge on any atom is -0.342 e. The van der Waals surface area contributed by atoms with E-state index in [1.54, 1.807) is 13.0 Å². The van der Waals surface area contributed by atoms with Gasteiger partial charge in [-0.1, -0.05) is 44.0 Å². The van der Waals surface area contributed by atoms with E-state index in [1.165, 1.54) is 19.4 Å². The van der Waals surface area contributed by atoms with Gasteiger partial charge in [-0.3, -0.25) is 9.59 Å². The van der Waals surface area contributed by atoms with E-state index in [1.807, 2.05) is 0 Å². The molecule has 2 unspecified atom stereocenters. The number of aromatic nitrogens is 3. The Balaban J connectivity index is 1.98. The Bertz CT molecular complexity index is 1260. The van der Waals surface area contributed by atoms with Crippen molar-refractivity contribution in [3.63, 3.8) is 0 Å². The third kappa shape index (κ3) is 11.0. The summed E-state index contributed by atoms with van der Waals surface area (Å²) in [6.07, 6.45) is 5.52. The Kier molecular flexibility index (Phi) is 13.6. The molecule has 224 valence electrons. The number of hydrogen-bond donors (Lipinski definition) is 3. The monoisotopic (exact) mass is 612 g/mol. The number of carbonyl (C=O) groups excluding carboxylic acids is 2. The summed E-state index contributed by atoms with van der Waals surface area (Å²) in [6.45, 7) is 9.10. The number of thiazole rings is 1. The number of nitrogens with one attached hydrogen (secondary N) is 2. The first-order valence-electron chi connectivity index (χ1n) is 13.3. The summed E-state index contributed by atoms with van der Waals surface area (Å²) in [7, 11) is 0. The number of unbranched alkanes of at least 4 members (excludes halogenated alkanes) is 1. The molecule has 2 aromatic rings. The molecule has 0 fully saturated rings. The molecule has 0 aliphatic heterocycles. The summed E-state index contributed by atoms with van der Waals surface area (Å²) < 4.78 is 39.7.